The van der Waals surface area contributed by atoms with Crippen LogP contribution in [0.15, 0.2) is 35.3 Å². The lowest BCUT2D eigenvalue weighted by molar-refractivity contribution is 0.254. The summed E-state index contributed by atoms with van der Waals surface area (Å²) in [6, 6.07) is 9.94. The largest absolute Gasteiger partial charge is 0.496 e. The molecule has 1 aliphatic rings. The van der Waals surface area contributed by atoms with Gasteiger partial charge in [0, 0.05) is 37.7 Å². The van der Waals surface area contributed by atoms with Crippen LogP contribution in [0, 0.1) is 0 Å². The first kappa shape index (κ1) is 20.6. The van der Waals surface area contributed by atoms with Crippen molar-refractivity contribution >= 4 is 5.96 Å². The molecular weight excluding hydrogens is 370 g/mol. The van der Waals surface area contributed by atoms with E-state index in [2.05, 4.69) is 28.6 Å². The Hall–Kier alpha value is -3.09. The molecule has 0 fully saturated rings. The predicted octanol–water partition coefficient (Wildman–Crippen LogP) is 2.90. The van der Waals surface area contributed by atoms with Gasteiger partial charge in [-0.1, -0.05) is 6.07 Å². The number of rotatable bonds is 7. The zero-order valence-electron chi connectivity index (χ0n) is 17.7. The van der Waals surface area contributed by atoms with E-state index in [1.165, 1.54) is 5.56 Å². The summed E-state index contributed by atoms with van der Waals surface area (Å²) in [5.74, 6) is 3.88. The van der Waals surface area contributed by atoms with Crippen LogP contribution in [0.5, 0.6) is 23.0 Å². The molecule has 1 aliphatic heterocycles. The molecule has 0 radical (unpaired) electrons. The highest BCUT2D eigenvalue weighted by atomic mass is 16.5. The second-order valence-electron chi connectivity index (χ2n) is 6.87. The molecule has 1 unspecified atom stereocenters. The Morgan fingerprint density at radius 1 is 1.00 bits per heavy atom. The molecule has 156 valence electrons. The van der Waals surface area contributed by atoms with Crippen molar-refractivity contribution in [3.63, 3.8) is 0 Å². The van der Waals surface area contributed by atoms with Crippen LogP contribution in [0.1, 0.15) is 23.6 Å². The van der Waals surface area contributed by atoms with Crippen molar-refractivity contribution in [2.75, 3.05) is 28.4 Å². The van der Waals surface area contributed by atoms with Crippen LogP contribution in [-0.4, -0.2) is 40.4 Å². The van der Waals surface area contributed by atoms with Crippen LogP contribution in [0.4, 0.5) is 0 Å². The molecule has 2 aromatic rings. The number of benzene rings is 2. The summed E-state index contributed by atoms with van der Waals surface area (Å²) in [6.45, 7) is 3.24. The molecule has 29 heavy (non-hydrogen) atoms. The number of aliphatic imine (C=N–C) groups is 1. The minimum atomic E-state index is 0.203. The third-order valence-corrected chi connectivity index (χ3v) is 4.88. The van der Waals surface area contributed by atoms with Gasteiger partial charge in [0.25, 0.3) is 0 Å². The first-order chi connectivity index (χ1) is 14.1. The van der Waals surface area contributed by atoms with Crippen molar-refractivity contribution in [3.8, 4) is 23.0 Å². The molecule has 0 saturated carbocycles. The quantitative estimate of drug-likeness (QED) is 0.551. The fourth-order valence-corrected chi connectivity index (χ4v) is 3.39. The number of hydrogen-bond donors (Lipinski definition) is 2. The summed E-state index contributed by atoms with van der Waals surface area (Å²) in [5.41, 5.74) is 3.27. The summed E-state index contributed by atoms with van der Waals surface area (Å²) < 4.78 is 22.1. The fourth-order valence-electron chi connectivity index (χ4n) is 3.39. The lowest BCUT2D eigenvalue weighted by Crippen LogP contribution is -2.36. The highest BCUT2D eigenvalue weighted by Crippen LogP contribution is 2.35. The van der Waals surface area contributed by atoms with Crippen molar-refractivity contribution in [1.29, 1.82) is 0 Å². The van der Waals surface area contributed by atoms with E-state index in [0.29, 0.717) is 30.5 Å². The van der Waals surface area contributed by atoms with E-state index in [-0.39, 0.29) is 6.10 Å². The molecule has 3 rings (SSSR count). The number of methoxy groups -OCH3 is 3. The molecule has 7 heteroatoms. The van der Waals surface area contributed by atoms with E-state index in [1.54, 1.807) is 28.4 Å². The second kappa shape index (κ2) is 9.41. The Bertz CT molecular complexity index is 883. The monoisotopic (exact) mass is 399 g/mol. The first-order valence-electron chi connectivity index (χ1n) is 9.59. The maximum atomic E-state index is 5.87. The van der Waals surface area contributed by atoms with Gasteiger partial charge in [-0.25, -0.2) is 0 Å². The Balaban J connectivity index is 1.62. The number of hydrogen-bond acceptors (Lipinski definition) is 5. The highest BCUT2D eigenvalue weighted by Gasteiger charge is 2.21. The first-order valence-corrected chi connectivity index (χ1v) is 9.59. The Morgan fingerprint density at radius 3 is 2.41 bits per heavy atom. The van der Waals surface area contributed by atoms with Crippen molar-refractivity contribution in [3.05, 3.63) is 47.0 Å². The van der Waals surface area contributed by atoms with E-state index in [9.17, 15) is 0 Å². The molecule has 0 bridgehead atoms. The molecule has 0 amide bonds. The van der Waals surface area contributed by atoms with Gasteiger partial charge < -0.3 is 29.6 Å². The van der Waals surface area contributed by atoms with Gasteiger partial charge in [0.1, 0.15) is 17.6 Å². The molecule has 0 saturated heterocycles. The van der Waals surface area contributed by atoms with Gasteiger partial charge in [-0.15, -0.1) is 0 Å². The second-order valence-corrected chi connectivity index (χ2v) is 6.87. The summed E-state index contributed by atoms with van der Waals surface area (Å²) in [6.07, 6.45) is 1.11. The predicted molar refractivity (Wildman–Crippen MR) is 113 cm³/mol. The van der Waals surface area contributed by atoms with E-state index in [1.807, 2.05) is 24.3 Å². The average Bonchev–Trinajstić information content (AvgIpc) is 3.11. The van der Waals surface area contributed by atoms with Crippen LogP contribution in [0.2, 0.25) is 0 Å². The van der Waals surface area contributed by atoms with E-state index in [4.69, 9.17) is 18.9 Å². The fraction of sp³-hybridized carbons (Fsp3) is 0.409. The molecule has 1 heterocycles. The Morgan fingerprint density at radius 2 is 1.72 bits per heavy atom. The van der Waals surface area contributed by atoms with E-state index >= 15 is 0 Å². The van der Waals surface area contributed by atoms with Crippen LogP contribution < -0.4 is 29.6 Å². The normalized spacial score (nSPS) is 15.3. The number of nitrogens with one attached hydrogen (secondary N) is 2. The zero-order chi connectivity index (χ0) is 20.8. The maximum absolute atomic E-state index is 5.87. The van der Waals surface area contributed by atoms with Gasteiger partial charge in [-0.3, -0.25) is 4.99 Å². The molecule has 2 aromatic carbocycles. The molecule has 0 aliphatic carbocycles. The Labute approximate surface area is 172 Å². The molecule has 7 nitrogen and oxygen atoms in total. The SMILES string of the molecule is CN=C(NCc1ccc(OC)c(OC)c1)NCc1cc2c(cc1OC)CC(C)O2. The smallest absolute Gasteiger partial charge is 0.191 e. The standard InChI is InChI=1S/C22H29N3O4/c1-14-8-16-10-19(27-4)17(11-20(16)29-14)13-25-22(23-2)24-12-15-6-7-18(26-3)21(9-15)28-5/h6-7,9-11,14H,8,12-13H2,1-5H3,(H2,23,24,25). The van der Waals surface area contributed by atoms with Crippen molar-refractivity contribution in [2.45, 2.75) is 32.5 Å². The average molecular weight is 399 g/mol. The minimum absolute atomic E-state index is 0.203. The summed E-state index contributed by atoms with van der Waals surface area (Å²) in [7, 11) is 6.69. The molecule has 0 aromatic heterocycles. The van der Waals surface area contributed by atoms with Gasteiger partial charge in [-0.05, 0) is 36.8 Å². The van der Waals surface area contributed by atoms with Crippen molar-refractivity contribution in [1.82, 2.24) is 10.6 Å². The topological polar surface area (TPSA) is 73.3 Å². The van der Waals surface area contributed by atoms with Gasteiger partial charge in [-0.2, -0.15) is 0 Å². The van der Waals surface area contributed by atoms with E-state index in [0.717, 1.165) is 29.0 Å². The van der Waals surface area contributed by atoms with Crippen LogP contribution in [-0.2, 0) is 19.5 Å². The number of fused-ring (bicyclic) bond motifs is 1. The third kappa shape index (κ3) is 4.85. The lowest BCUT2D eigenvalue weighted by atomic mass is 10.1. The third-order valence-electron chi connectivity index (χ3n) is 4.88. The Kier molecular flexibility index (Phi) is 6.69. The van der Waals surface area contributed by atoms with E-state index < -0.39 is 0 Å². The number of guanidine groups is 1. The van der Waals surface area contributed by atoms with Crippen LogP contribution in [0.25, 0.3) is 0 Å². The summed E-state index contributed by atoms with van der Waals surface area (Å²) in [5, 5.41) is 6.64. The number of ether oxygens (including phenoxy) is 4. The van der Waals surface area contributed by atoms with Crippen molar-refractivity contribution in [2.24, 2.45) is 4.99 Å². The summed E-state index contributed by atoms with van der Waals surface area (Å²) in [4.78, 5) is 4.30. The molecular formula is C22H29N3O4. The number of nitrogens with zero attached hydrogens (tertiary/aromatic N) is 1. The van der Waals surface area contributed by atoms with Crippen molar-refractivity contribution < 1.29 is 18.9 Å². The van der Waals surface area contributed by atoms with Crippen LogP contribution >= 0.6 is 0 Å². The summed E-state index contributed by atoms with van der Waals surface area (Å²) >= 11 is 0. The van der Waals surface area contributed by atoms with Gasteiger partial charge >= 0.3 is 0 Å². The maximum Gasteiger partial charge on any atom is 0.191 e. The zero-order valence-corrected chi connectivity index (χ0v) is 17.7. The van der Waals surface area contributed by atoms with Gasteiger partial charge in [0.05, 0.1) is 21.3 Å². The van der Waals surface area contributed by atoms with Gasteiger partial charge in [0.15, 0.2) is 17.5 Å². The van der Waals surface area contributed by atoms with Crippen LogP contribution in [0.3, 0.4) is 0 Å². The molecule has 2 N–H and O–H groups in total. The minimum Gasteiger partial charge on any atom is -0.496 e. The molecule has 0 spiro atoms. The highest BCUT2D eigenvalue weighted by molar-refractivity contribution is 5.79. The van der Waals surface area contributed by atoms with Gasteiger partial charge in [0.2, 0.25) is 0 Å². The lowest BCUT2D eigenvalue weighted by Gasteiger charge is -2.15. The molecule has 1 atom stereocenters.